The van der Waals surface area contributed by atoms with Crippen molar-refractivity contribution >= 4 is 23.1 Å². The summed E-state index contributed by atoms with van der Waals surface area (Å²) >= 11 is 0. The van der Waals surface area contributed by atoms with E-state index in [9.17, 15) is 9.50 Å². The molecule has 0 saturated heterocycles. The first-order valence-corrected chi connectivity index (χ1v) is 9.81. The van der Waals surface area contributed by atoms with Crippen LogP contribution in [0.2, 0.25) is 0 Å². The first-order valence-electron chi connectivity index (χ1n) is 9.81. The van der Waals surface area contributed by atoms with Gasteiger partial charge >= 0.3 is 0 Å². The molecule has 0 aliphatic carbocycles. The maximum atomic E-state index is 14.2. The Morgan fingerprint density at radius 1 is 1.00 bits per heavy atom. The normalized spacial score (nSPS) is 11.4. The molecule has 0 saturated carbocycles. The Kier molecular flexibility index (Phi) is 6.52. The third-order valence-corrected chi connectivity index (χ3v) is 4.55. The van der Waals surface area contributed by atoms with Crippen molar-refractivity contribution in [3.63, 3.8) is 0 Å². The average molecular weight is 410 g/mol. The molecular formula is C23H27FN4O2. The summed E-state index contributed by atoms with van der Waals surface area (Å²) in [4.78, 5) is 8.25. The second kappa shape index (κ2) is 9.09. The van der Waals surface area contributed by atoms with Gasteiger partial charge in [-0.3, -0.25) is 0 Å². The molecule has 0 unspecified atom stereocenters. The Morgan fingerprint density at radius 2 is 1.60 bits per heavy atom. The molecule has 0 radical (unpaired) electrons. The molecule has 0 amide bonds. The van der Waals surface area contributed by atoms with Crippen molar-refractivity contribution in [2.45, 2.75) is 39.2 Å². The van der Waals surface area contributed by atoms with Crippen LogP contribution in [0, 0.1) is 5.82 Å². The second-order valence-corrected chi connectivity index (χ2v) is 7.95. The van der Waals surface area contributed by atoms with Crippen molar-refractivity contribution in [1.82, 2.24) is 9.97 Å². The van der Waals surface area contributed by atoms with E-state index in [1.54, 1.807) is 0 Å². The minimum absolute atomic E-state index is 0.0416. The van der Waals surface area contributed by atoms with Crippen LogP contribution in [0.4, 0.5) is 27.5 Å². The Hall–Kier alpha value is -3.19. The van der Waals surface area contributed by atoms with Crippen LogP contribution in [0.15, 0.2) is 54.7 Å². The predicted molar refractivity (Wildman–Crippen MR) is 117 cm³/mol. The van der Waals surface area contributed by atoms with Gasteiger partial charge in [-0.1, -0.05) is 26.0 Å². The van der Waals surface area contributed by atoms with Gasteiger partial charge in [0.1, 0.15) is 5.75 Å². The molecule has 0 aliphatic rings. The maximum Gasteiger partial charge on any atom is 0.229 e. The number of nitrogens with zero attached hydrogens (tertiary/aromatic N) is 2. The Labute approximate surface area is 176 Å². The number of hydrogen-bond donors (Lipinski definition) is 3. The van der Waals surface area contributed by atoms with Gasteiger partial charge in [0.2, 0.25) is 5.95 Å². The second-order valence-electron chi connectivity index (χ2n) is 7.95. The SMILES string of the molecule is CC(C)Oc1ccc(Nc2ncc(F)c(Nc3ccc(C(C)(C)CO)cc3)n2)cc1. The van der Waals surface area contributed by atoms with Crippen LogP contribution in [-0.2, 0) is 5.41 Å². The lowest BCUT2D eigenvalue weighted by molar-refractivity contribution is 0.218. The number of aliphatic hydroxyl groups is 1. The van der Waals surface area contributed by atoms with Crippen molar-refractivity contribution in [1.29, 1.82) is 0 Å². The molecule has 0 fully saturated rings. The number of halogens is 1. The monoisotopic (exact) mass is 410 g/mol. The predicted octanol–water partition coefficient (Wildman–Crippen LogP) is 5.16. The molecule has 0 spiro atoms. The fraction of sp³-hybridized carbons (Fsp3) is 0.304. The molecule has 7 heteroatoms. The van der Waals surface area contributed by atoms with E-state index in [4.69, 9.17) is 4.74 Å². The number of rotatable bonds is 8. The molecule has 3 rings (SSSR count). The molecule has 158 valence electrons. The Balaban J connectivity index is 1.72. The Bertz CT molecular complexity index is 973. The largest absolute Gasteiger partial charge is 0.491 e. The van der Waals surface area contributed by atoms with Gasteiger partial charge in [-0.25, -0.2) is 9.37 Å². The van der Waals surface area contributed by atoms with Gasteiger partial charge in [0.15, 0.2) is 11.6 Å². The third kappa shape index (κ3) is 5.45. The number of nitrogens with one attached hydrogen (secondary N) is 2. The third-order valence-electron chi connectivity index (χ3n) is 4.55. The van der Waals surface area contributed by atoms with E-state index in [0.29, 0.717) is 5.69 Å². The van der Waals surface area contributed by atoms with E-state index >= 15 is 0 Å². The summed E-state index contributed by atoms with van der Waals surface area (Å²) < 4.78 is 19.9. The van der Waals surface area contributed by atoms with Crippen molar-refractivity contribution < 1.29 is 14.2 Å². The molecule has 6 nitrogen and oxygen atoms in total. The molecule has 1 heterocycles. The van der Waals surface area contributed by atoms with Gasteiger partial charge in [0, 0.05) is 16.8 Å². The van der Waals surface area contributed by atoms with Gasteiger partial charge in [-0.2, -0.15) is 4.98 Å². The van der Waals surface area contributed by atoms with E-state index in [2.05, 4.69) is 20.6 Å². The first-order chi connectivity index (χ1) is 14.3. The fourth-order valence-electron chi connectivity index (χ4n) is 2.77. The first kappa shape index (κ1) is 21.5. The smallest absolute Gasteiger partial charge is 0.229 e. The quantitative estimate of drug-likeness (QED) is 0.476. The highest BCUT2D eigenvalue weighted by atomic mass is 19.1. The minimum Gasteiger partial charge on any atom is -0.491 e. The highest BCUT2D eigenvalue weighted by molar-refractivity contribution is 5.60. The number of ether oxygens (including phenoxy) is 1. The molecule has 3 aromatic rings. The topological polar surface area (TPSA) is 79.3 Å². The van der Waals surface area contributed by atoms with Gasteiger partial charge in [0.25, 0.3) is 0 Å². The van der Waals surface area contributed by atoms with Crippen LogP contribution >= 0.6 is 0 Å². The summed E-state index contributed by atoms with van der Waals surface area (Å²) in [6, 6.07) is 14.8. The van der Waals surface area contributed by atoms with Crippen molar-refractivity contribution in [3.05, 3.63) is 66.1 Å². The molecule has 0 bridgehead atoms. The lowest BCUT2D eigenvalue weighted by atomic mass is 9.85. The van der Waals surface area contributed by atoms with Crippen molar-refractivity contribution in [3.8, 4) is 5.75 Å². The van der Waals surface area contributed by atoms with Crippen LogP contribution < -0.4 is 15.4 Å². The van der Waals surface area contributed by atoms with Crippen LogP contribution in [0.3, 0.4) is 0 Å². The highest BCUT2D eigenvalue weighted by Gasteiger charge is 2.19. The Morgan fingerprint density at radius 3 is 2.20 bits per heavy atom. The number of anilines is 4. The van der Waals surface area contributed by atoms with Crippen molar-refractivity contribution in [2.75, 3.05) is 17.2 Å². The van der Waals surface area contributed by atoms with Gasteiger partial charge in [0.05, 0.1) is 18.9 Å². The molecule has 3 N–H and O–H groups in total. The lowest BCUT2D eigenvalue weighted by Gasteiger charge is -2.22. The summed E-state index contributed by atoms with van der Waals surface area (Å²) in [7, 11) is 0. The van der Waals surface area contributed by atoms with Crippen LogP contribution in [0.25, 0.3) is 0 Å². The summed E-state index contributed by atoms with van der Waals surface area (Å²) in [5, 5.41) is 15.5. The summed E-state index contributed by atoms with van der Waals surface area (Å²) in [6.45, 7) is 7.89. The van der Waals surface area contributed by atoms with Crippen LogP contribution in [-0.4, -0.2) is 27.8 Å². The summed E-state index contributed by atoms with van der Waals surface area (Å²) in [6.07, 6.45) is 1.22. The molecule has 30 heavy (non-hydrogen) atoms. The van der Waals surface area contributed by atoms with E-state index in [0.717, 1.165) is 23.2 Å². The van der Waals surface area contributed by atoms with Gasteiger partial charge in [-0.05, 0) is 55.8 Å². The number of hydrogen-bond acceptors (Lipinski definition) is 6. The van der Waals surface area contributed by atoms with Gasteiger partial charge in [-0.15, -0.1) is 0 Å². The maximum absolute atomic E-state index is 14.2. The molecule has 0 atom stereocenters. The zero-order valence-corrected chi connectivity index (χ0v) is 17.6. The van der Waals surface area contributed by atoms with E-state index < -0.39 is 5.82 Å². The van der Waals surface area contributed by atoms with Gasteiger partial charge < -0.3 is 20.5 Å². The summed E-state index contributed by atoms with van der Waals surface area (Å²) in [5.41, 5.74) is 2.10. The summed E-state index contributed by atoms with van der Waals surface area (Å²) in [5.74, 6) is 0.558. The number of aliphatic hydroxyl groups excluding tert-OH is 1. The number of benzene rings is 2. The highest BCUT2D eigenvalue weighted by Crippen LogP contribution is 2.26. The fourth-order valence-corrected chi connectivity index (χ4v) is 2.77. The molecule has 1 aromatic heterocycles. The minimum atomic E-state index is -0.555. The molecular weight excluding hydrogens is 383 g/mol. The zero-order chi connectivity index (χ0) is 21.7. The molecule has 0 aliphatic heterocycles. The van der Waals surface area contributed by atoms with E-state index in [1.165, 1.54) is 0 Å². The number of aromatic nitrogens is 2. The standard InChI is InChI=1S/C23H27FN4O2/c1-15(2)30-19-11-9-18(10-12-19)27-22-25-13-20(24)21(28-22)26-17-7-5-16(6-8-17)23(3,4)14-29/h5-13,15,29H,14H2,1-4H3,(H2,25,26,27,28). The van der Waals surface area contributed by atoms with E-state index in [1.807, 2.05) is 76.2 Å². The van der Waals surface area contributed by atoms with E-state index in [-0.39, 0.29) is 29.9 Å². The zero-order valence-electron chi connectivity index (χ0n) is 17.6. The van der Waals surface area contributed by atoms with Crippen LogP contribution in [0.1, 0.15) is 33.3 Å². The molecule has 2 aromatic carbocycles. The van der Waals surface area contributed by atoms with Crippen molar-refractivity contribution in [2.24, 2.45) is 0 Å². The average Bonchev–Trinajstić information content (AvgIpc) is 2.72. The van der Waals surface area contributed by atoms with Crippen LogP contribution in [0.5, 0.6) is 5.75 Å². The lowest BCUT2D eigenvalue weighted by Crippen LogP contribution is -2.21.